The van der Waals surface area contributed by atoms with E-state index in [4.69, 9.17) is 10.5 Å². The molecule has 2 N–H and O–H groups in total. The van der Waals surface area contributed by atoms with E-state index in [9.17, 15) is 0 Å². The minimum absolute atomic E-state index is 0.405. The van der Waals surface area contributed by atoms with Gasteiger partial charge in [-0.15, -0.1) is 0 Å². The van der Waals surface area contributed by atoms with Crippen LogP contribution in [0, 0.1) is 11.8 Å². The van der Waals surface area contributed by atoms with Gasteiger partial charge < -0.3 is 10.5 Å². The first-order valence-corrected chi connectivity index (χ1v) is 7.24. The van der Waals surface area contributed by atoms with E-state index in [0.717, 1.165) is 24.7 Å². The maximum absolute atomic E-state index is 6.26. The second-order valence-electron chi connectivity index (χ2n) is 5.88. The topological polar surface area (TPSA) is 51.4 Å². The molecule has 1 aromatic rings. The minimum Gasteiger partial charge on any atom is -0.481 e. The second kappa shape index (κ2) is 5.47. The molecule has 19 heavy (non-hydrogen) atoms. The van der Waals surface area contributed by atoms with Gasteiger partial charge in [-0.05, 0) is 30.7 Å². The SMILES string of the molecule is COc1cccc(CN2CC3CCCC(N)C3C2)n1. The molecule has 0 aromatic carbocycles. The van der Waals surface area contributed by atoms with Gasteiger partial charge in [-0.2, -0.15) is 0 Å². The van der Waals surface area contributed by atoms with Crippen LogP contribution in [0.15, 0.2) is 18.2 Å². The summed E-state index contributed by atoms with van der Waals surface area (Å²) in [5.74, 6) is 2.19. The highest BCUT2D eigenvalue weighted by Gasteiger charge is 2.38. The summed E-state index contributed by atoms with van der Waals surface area (Å²) >= 11 is 0. The van der Waals surface area contributed by atoms with Crippen LogP contribution in [-0.4, -0.2) is 36.1 Å². The van der Waals surface area contributed by atoms with Crippen LogP contribution in [0.5, 0.6) is 5.88 Å². The fourth-order valence-corrected chi connectivity index (χ4v) is 3.63. The normalized spacial score (nSPS) is 31.2. The number of nitrogens with zero attached hydrogens (tertiary/aromatic N) is 2. The molecule has 4 nitrogen and oxygen atoms in total. The Bertz CT molecular complexity index is 437. The van der Waals surface area contributed by atoms with Crippen LogP contribution < -0.4 is 10.5 Å². The highest BCUT2D eigenvalue weighted by molar-refractivity contribution is 5.15. The molecule has 3 rings (SSSR count). The smallest absolute Gasteiger partial charge is 0.213 e. The lowest BCUT2D eigenvalue weighted by atomic mass is 9.78. The lowest BCUT2D eigenvalue weighted by molar-refractivity contribution is 0.259. The number of pyridine rings is 1. The number of hydrogen-bond acceptors (Lipinski definition) is 4. The predicted molar refractivity (Wildman–Crippen MR) is 74.9 cm³/mol. The van der Waals surface area contributed by atoms with Crippen LogP contribution in [0.1, 0.15) is 25.0 Å². The van der Waals surface area contributed by atoms with Crippen molar-refractivity contribution in [2.75, 3.05) is 20.2 Å². The van der Waals surface area contributed by atoms with Crippen LogP contribution in [0.2, 0.25) is 0 Å². The molecule has 0 bridgehead atoms. The fraction of sp³-hybridized carbons (Fsp3) is 0.667. The van der Waals surface area contributed by atoms with E-state index < -0.39 is 0 Å². The van der Waals surface area contributed by atoms with Crippen molar-refractivity contribution in [1.29, 1.82) is 0 Å². The molecule has 3 unspecified atom stereocenters. The molecule has 2 aliphatic rings. The molecule has 104 valence electrons. The van der Waals surface area contributed by atoms with Gasteiger partial charge in [0.25, 0.3) is 0 Å². The molecule has 4 heteroatoms. The van der Waals surface area contributed by atoms with E-state index in [2.05, 4.69) is 16.0 Å². The Morgan fingerprint density at radius 1 is 1.37 bits per heavy atom. The summed E-state index contributed by atoms with van der Waals surface area (Å²) in [5.41, 5.74) is 7.35. The molecule has 0 amide bonds. The molecule has 1 saturated heterocycles. The summed E-state index contributed by atoms with van der Waals surface area (Å²) in [4.78, 5) is 7.00. The third-order valence-electron chi connectivity index (χ3n) is 4.61. The molecular formula is C15H23N3O. The van der Waals surface area contributed by atoms with E-state index in [-0.39, 0.29) is 0 Å². The minimum atomic E-state index is 0.405. The largest absolute Gasteiger partial charge is 0.481 e. The first-order valence-electron chi connectivity index (χ1n) is 7.24. The van der Waals surface area contributed by atoms with Crippen LogP contribution in [-0.2, 0) is 6.54 Å². The Labute approximate surface area is 115 Å². The van der Waals surface area contributed by atoms with Crippen molar-refractivity contribution >= 4 is 0 Å². The number of fused-ring (bicyclic) bond motifs is 1. The number of likely N-dealkylation sites (tertiary alicyclic amines) is 1. The zero-order chi connectivity index (χ0) is 13.2. The summed E-state index contributed by atoms with van der Waals surface area (Å²) in [6.07, 6.45) is 3.85. The predicted octanol–water partition coefficient (Wildman–Crippen LogP) is 1.65. The zero-order valence-corrected chi connectivity index (χ0v) is 11.6. The van der Waals surface area contributed by atoms with Crippen LogP contribution in [0.3, 0.4) is 0 Å². The maximum Gasteiger partial charge on any atom is 0.213 e. The van der Waals surface area contributed by atoms with Crippen molar-refractivity contribution in [2.24, 2.45) is 17.6 Å². The van der Waals surface area contributed by atoms with Crippen molar-refractivity contribution in [3.05, 3.63) is 23.9 Å². The van der Waals surface area contributed by atoms with Crippen molar-refractivity contribution in [3.63, 3.8) is 0 Å². The van der Waals surface area contributed by atoms with Gasteiger partial charge >= 0.3 is 0 Å². The summed E-state index contributed by atoms with van der Waals surface area (Å²) in [5, 5.41) is 0. The number of hydrogen-bond donors (Lipinski definition) is 1. The average molecular weight is 261 g/mol. The Morgan fingerprint density at radius 2 is 2.26 bits per heavy atom. The highest BCUT2D eigenvalue weighted by atomic mass is 16.5. The molecule has 2 heterocycles. The van der Waals surface area contributed by atoms with E-state index >= 15 is 0 Å². The number of nitrogens with two attached hydrogens (primary N) is 1. The van der Waals surface area contributed by atoms with Crippen LogP contribution in [0.25, 0.3) is 0 Å². The molecule has 2 fully saturated rings. The van der Waals surface area contributed by atoms with Gasteiger partial charge in [-0.3, -0.25) is 4.90 Å². The summed E-state index contributed by atoms with van der Waals surface area (Å²) in [6.45, 7) is 3.22. The van der Waals surface area contributed by atoms with E-state index in [1.165, 1.54) is 25.8 Å². The molecule has 1 aliphatic heterocycles. The Morgan fingerprint density at radius 3 is 3.05 bits per heavy atom. The molecule has 1 saturated carbocycles. The third kappa shape index (κ3) is 2.74. The Hall–Kier alpha value is -1.13. The van der Waals surface area contributed by atoms with Gasteiger partial charge in [0.15, 0.2) is 0 Å². The van der Waals surface area contributed by atoms with E-state index in [0.29, 0.717) is 17.8 Å². The van der Waals surface area contributed by atoms with Gasteiger partial charge in [-0.1, -0.05) is 12.5 Å². The van der Waals surface area contributed by atoms with Gasteiger partial charge in [0.05, 0.1) is 12.8 Å². The molecule has 1 aromatic heterocycles. The van der Waals surface area contributed by atoms with Crippen molar-refractivity contribution in [2.45, 2.75) is 31.8 Å². The highest BCUT2D eigenvalue weighted by Crippen LogP contribution is 2.35. The third-order valence-corrected chi connectivity index (χ3v) is 4.61. The number of methoxy groups -OCH3 is 1. The average Bonchev–Trinajstić information content (AvgIpc) is 2.83. The lowest BCUT2D eigenvalue weighted by Gasteiger charge is -2.29. The van der Waals surface area contributed by atoms with Gasteiger partial charge in [-0.25, -0.2) is 4.98 Å². The molecular weight excluding hydrogens is 238 g/mol. The number of aromatic nitrogens is 1. The monoisotopic (exact) mass is 261 g/mol. The maximum atomic E-state index is 6.26. The van der Waals surface area contributed by atoms with Gasteiger partial charge in [0.2, 0.25) is 5.88 Å². The van der Waals surface area contributed by atoms with Gasteiger partial charge in [0.1, 0.15) is 0 Å². The summed E-state index contributed by atoms with van der Waals surface area (Å²) in [6, 6.07) is 6.38. The first-order chi connectivity index (χ1) is 9.26. The van der Waals surface area contributed by atoms with Crippen molar-refractivity contribution in [1.82, 2.24) is 9.88 Å². The van der Waals surface area contributed by atoms with E-state index in [1.54, 1.807) is 7.11 Å². The second-order valence-corrected chi connectivity index (χ2v) is 5.88. The Kier molecular flexibility index (Phi) is 3.71. The zero-order valence-electron chi connectivity index (χ0n) is 11.6. The van der Waals surface area contributed by atoms with Gasteiger partial charge in [0, 0.05) is 31.7 Å². The number of rotatable bonds is 3. The Balaban J connectivity index is 1.64. The van der Waals surface area contributed by atoms with Crippen LogP contribution in [0.4, 0.5) is 0 Å². The van der Waals surface area contributed by atoms with E-state index in [1.807, 2.05) is 12.1 Å². The molecule has 0 spiro atoms. The first kappa shape index (κ1) is 12.9. The lowest BCUT2D eigenvalue weighted by Crippen LogP contribution is -2.38. The molecule has 0 radical (unpaired) electrons. The molecule has 1 aliphatic carbocycles. The summed E-state index contributed by atoms with van der Waals surface area (Å²) < 4.78 is 5.18. The molecule has 3 atom stereocenters. The quantitative estimate of drug-likeness (QED) is 0.899. The fourth-order valence-electron chi connectivity index (χ4n) is 3.63. The van der Waals surface area contributed by atoms with Crippen molar-refractivity contribution in [3.8, 4) is 5.88 Å². The van der Waals surface area contributed by atoms with Crippen LogP contribution >= 0.6 is 0 Å². The number of ether oxygens (including phenoxy) is 1. The standard InChI is InChI=1S/C15H23N3O/c1-19-15-7-3-5-12(17-15)9-18-8-11-4-2-6-14(16)13(11)10-18/h3,5,7,11,13-14H,2,4,6,8-10,16H2,1H3. The van der Waals surface area contributed by atoms with Crippen molar-refractivity contribution < 1.29 is 4.74 Å². The summed E-state index contributed by atoms with van der Waals surface area (Å²) in [7, 11) is 1.66.